The molecule has 2 rings (SSSR count). The van der Waals surface area contributed by atoms with Gasteiger partial charge in [0.05, 0.1) is 6.54 Å². The predicted molar refractivity (Wildman–Crippen MR) is 69.2 cm³/mol. The van der Waals surface area contributed by atoms with Gasteiger partial charge in [0.2, 0.25) is 5.91 Å². The molecule has 0 bridgehead atoms. The van der Waals surface area contributed by atoms with Gasteiger partial charge in [-0.2, -0.15) is 0 Å². The van der Waals surface area contributed by atoms with Crippen molar-refractivity contribution in [3.8, 4) is 12.3 Å². The van der Waals surface area contributed by atoms with E-state index < -0.39 is 0 Å². The lowest BCUT2D eigenvalue weighted by Gasteiger charge is -2.21. The van der Waals surface area contributed by atoms with Crippen LogP contribution >= 0.6 is 0 Å². The highest BCUT2D eigenvalue weighted by Gasteiger charge is 2.68. The van der Waals surface area contributed by atoms with Gasteiger partial charge in [0.1, 0.15) is 0 Å². The molecule has 2 aliphatic rings. The summed E-state index contributed by atoms with van der Waals surface area (Å²) in [4.78, 5) is 14.4. The van der Waals surface area contributed by atoms with Crippen molar-refractivity contribution < 1.29 is 4.79 Å². The molecule has 0 atom stereocenters. The molecule has 0 saturated heterocycles. The molecular weight excluding hydrogens is 210 g/mol. The summed E-state index contributed by atoms with van der Waals surface area (Å²) in [6.45, 7) is 10.1. The first-order valence-electron chi connectivity index (χ1n) is 6.54. The minimum atomic E-state index is 0.112. The molecule has 0 N–H and O–H groups in total. The minimum Gasteiger partial charge on any atom is -0.331 e. The summed E-state index contributed by atoms with van der Waals surface area (Å²) in [6, 6.07) is 0. The highest BCUT2D eigenvalue weighted by molar-refractivity contribution is 5.84. The molecule has 0 radical (unpaired) electrons. The van der Waals surface area contributed by atoms with E-state index in [2.05, 4.69) is 33.6 Å². The Morgan fingerprint density at radius 1 is 1.29 bits per heavy atom. The first kappa shape index (κ1) is 12.5. The van der Waals surface area contributed by atoms with Crippen molar-refractivity contribution in [2.24, 2.45) is 22.7 Å². The minimum absolute atomic E-state index is 0.112. The molecule has 2 fully saturated rings. The zero-order valence-electron chi connectivity index (χ0n) is 11.4. The second-order valence-corrected chi connectivity index (χ2v) is 6.74. The fourth-order valence-electron chi connectivity index (χ4n) is 2.95. The van der Waals surface area contributed by atoms with Gasteiger partial charge < -0.3 is 4.90 Å². The Bertz CT molecular complexity index is 357. The quantitative estimate of drug-likeness (QED) is 0.683. The Labute approximate surface area is 105 Å². The second-order valence-electron chi connectivity index (χ2n) is 6.74. The number of rotatable bonds is 4. The van der Waals surface area contributed by atoms with Gasteiger partial charge in [-0.1, -0.05) is 33.6 Å². The van der Waals surface area contributed by atoms with Crippen LogP contribution < -0.4 is 0 Å². The Morgan fingerprint density at radius 2 is 1.82 bits per heavy atom. The monoisotopic (exact) mass is 233 g/mol. The van der Waals surface area contributed by atoms with Crippen molar-refractivity contribution in [1.82, 2.24) is 4.90 Å². The van der Waals surface area contributed by atoms with Gasteiger partial charge in [-0.25, -0.2) is 0 Å². The molecule has 1 amide bonds. The van der Waals surface area contributed by atoms with Crippen LogP contribution in [0.2, 0.25) is 0 Å². The smallest absolute Gasteiger partial charge is 0.227 e. The van der Waals surface area contributed by atoms with E-state index in [9.17, 15) is 4.79 Å². The van der Waals surface area contributed by atoms with Crippen LogP contribution in [0.4, 0.5) is 0 Å². The van der Waals surface area contributed by atoms with Crippen molar-refractivity contribution in [2.45, 2.75) is 40.5 Å². The SMILES string of the molecule is C#CCN(CC1CC1)C(=O)C1C(C)(C)C1(C)C. The molecule has 0 unspecified atom stereocenters. The Morgan fingerprint density at radius 3 is 2.18 bits per heavy atom. The van der Waals surface area contributed by atoms with Gasteiger partial charge in [0, 0.05) is 12.5 Å². The molecule has 17 heavy (non-hydrogen) atoms. The average Bonchev–Trinajstić information content (AvgIpc) is 3.06. The maximum atomic E-state index is 12.5. The molecule has 2 saturated carbocycles. The first-order valence-corrected chi connectivity index (χ1v) is 6.54. The highest BCUT2D eigenvalue weighted by atomic mass is 16.2. The average molecular weight is 233 g/mol. The molecule has 2 aliphatic carbocycles. The van der Waals surface area contributed by atoms with Gasteiger partial charge in [0.15, 0.2) is 0 Å². The van der Waals surface area contributed by atoms with Crippen LogP contribution in [-0.4, -0.2) is 23.9 Å². The van der Waals surface area contributed by atoms with E-state index in [1.54, 1.807) is 0 Å². The molecule has 94 valence electrons. The lowest BCUT2D eigenvalue weighted by molar-refractivity contribution is -0.133. The van der Waals surface area contributed by atoms with Gasteiger partial charge in [0.25, 0.3) is 0 Å². The summed E-state index contributed by atoms with van der Waals surface area (Å²) >= 11 is 0. The third kappa shape index (κ3) is 1.97. The third-order valence-electron chi connectivity index (χ3n) is 5.04. The highest BCUT2D eigenvalue weighted by Crippen LogP contribution is 2.68. The Hall–Kier alpha value is -0.970. The van der Waals surface area contributed by atoms with E-state index in [1.165, 1.54) is 12.8 Å². The van der Waals surface area contributed by atoms with Crippen molar-refractivity contribution in [2.75, 3.05) is 13.1 Å². The standard InChI is InChI=1S/C15H23NO/c1-6-9-16(10-11-7-8-11)13(17)12-14(2,3)15(12,4)5/h1,11-12H,7-10H2,2-5H3. The van der Waals surface area contributed by atoms with Gasteiger partial charge in [-0.3, -0.25) is 4.79 Å². The molecule has 0 heterocycles. The van der Waals surface area contributed by atoms with E-state index in [4.69, 9.17) is 6.42 Å². The lowest BCUT2D eigenvalue weighted by atomic mass is 10.0. The molecule has 0 aromatic rings. The van der Waals surface area contributed by atoms with E-state index >= 15 is 0 Å². The second kappa shape index (κ2) is 3.77. The normalized spacial score (nSPS) is 25.1. The largest absolute Gasteiger partial charge is 0.331 e. The molecule has 0 aromatic heterocycles. The van der Waals surface area contributed by atoms with Gasteiger partial charge in [-0.05, 0) is 29.6 Å². The van der Waals surface area contributed by atoms with Crippen LogP contribution in [0.1, 0.15) is 40.5 Å². The fourth-order valence-corrected chi connectivity index (χ4v) is 2.95. The lowest BCUT2D eigenvalue weighted by Crippen LogP contribution is -2.36. The van der Waals surface area contributed by atoms with Crippen molar-refractivity contribution in [3.63, 3.8) is 0 Å². The molecule has 0 spiro atoms. The summed E-state index contributed by atoms with van der Waals surface area (Å²) < 4.78 is 0. The van der Waals surface area contributed by atoms with Crippen molar-refractivity contribution in [3.05, 3.63) is 0 Å². The van der Waals surface area contributed by atoms with Gasteiger partial charge >= 0.3 is 0 Å². The predicted octanol–water partition coefficient (Wildman–Crippen LogP) is 2.54. The number of carbonyl (C=O) groups excluding carboxylic acids is 1. The summed E-state index contributed by atoms with van der Waals surface area (Å²) in [7, 11) is 0. The maximum absolute atomic E-state index is 12.5. The zero-order valence-corrected chi connectivity index (χ0v) is 11.4. The van der Waals surface area contributed by atoms with Crippen LogP contribution in [0, 0.1) is 35.0 Å². The zero-order chi connectivity index (χ0) is 12.8. The van der Waals surface area contributed by atoms with Crippen molar-refractivity contribution in [1.29, 1.82) is 0 Å². The number of hydrogen-bond acceptors (Lipinski definition) is 1. The molecule has 0 aliphatic heterocycles. The summed E-state index contributed by atoms with van der Waals surface area (Å²) in [5.41, 5.74) is 0.223. The number of amides is 1. The van der Waals surface area contributed by atoms with E-state index in [0.717, 1.165) is 6.54 Å². The third-order valence-corrected chi connectivity index (χ3v) is 5.04. The van der Waals surface area contributed by atoms with Crippen molar-refractivity contribution >= 4 is 5.91 Å². The maximum Gasteiger partial charge on any atom is 0.227 e. The summed E-state index contributed by atoms with van der Waals surface area (Å²) in [5.74, 6) is 3.74. The van der Waals surface area contributed by atoms with E-state index in [0.29, 0.717) is 12.5 Å². The van der Waals surface area contributed by atoms with Crippen LogP contribution in [0.3, 0.4) is 0 Å². The van der Waals surface area contributed by atoms with Crippen LogP contribution in [0.15, 0.2) is 0 Å². The fraction of sp³-hybridized carbons (Fsp3) is 0.800. The Kier molecular flexibility index (Phi) is 2.77. The molecule has 2 nitrogen and oxygen atoms in total. The van der Waals surface area contributed by atoms with Crippen LogP contribution in [0.25, 0.3) is 0 Å². The van der Waals surface area contributed by atoms with Crippen LogP contribution in [0.5, 0.6) is 0 Å². The molecular formula is C15H23NO. The van der Waals surface area contributed by atoms with Crippen LogP contribution in [-0.2, 0) is 4.79 Å². The van der Waals surface area contributed by atoms with Gasteiger partial charge in [-0.15, -0.1) is 6.42 Å². The summed E-state index contributed by atoms with van der Waals surface area (Å²) in [6.07, 6.45) is 7.89. The Balaban J connectivity index is 2.05. The van der Waals surface area contributed by atoms with E-state index in [-0.39, 0.29) is 22.7 Å². The number of hydrogen-bond donors (Lipinski definition) is 0. The number of nitrogens with zero attached hydrogens (tertiary/aromatic N) is 1. The number of carbonyl (C=O) groups is 1. The topological polar surface area (TPSA) is 20.3 Å². The summed E-state index contributed by atoms with van der Waals surface area (Å²) in [5, 5.41) is 0. The molecule has 2 heteroatoms. The molecule has 0 aromatic carbocycles. The van der Waals surface area contributed by atoms with E-state index in [1.807, 2.05) is 4.90 Å². The number of terminal acetylenes is 1. The first-order chi connectivity index (χ1) is 7.82.